The van der Waals surface area contributed by atoms with Crippen molar-refractivity contribution in [3.8, 4) is 0 Å². The molecule has 0 atom stereocenters. The molecule has 0 saturated heterocycles. The summed E-state index contributed by atoms with van der Waals surface area (Å²) in [4.78, 5) is 13.8. The number of sulfonamides is 1. The summed E-state index contributed by atoms with van der Waals surface area (Å²) >= 11 is 0. The van der Waals surface area contributed by atoms with Crippen LogP contribution in [-0.4, -0.2) is 32.8 Å². The van der Waals surface area contributed by atoms with Crippen molar-refractivity contribution in [2.45, 2.75) is 24.2 Å². The van der Waals surface area contributed by atoms with E-state index in [1.807, 2.05) is 0 Å². The predicted octanol–water partition coefficient (Wildman–Crippen LogP) is 1.21. The first-order valence-corrected chi connectivity index (χ1v) is 7.81. The van der Waals surface area contributed by atoms with Gasteiger partial charge in [0.15, 0.2) is 0 Å². The van der Waals surface area contributed by atoms with E-state index < -0.39 is 10.0 Å². The van der Waals surface area contributed by atoms with Gasteiger partial charge in [-0.25, -0.2) is 13.6 Å². The molecule has 5 nitrogen and oxygen atoms in total. The number of amides is 1. The summed E-state index contributed by atoms with van der Waals surface area (Å²) in [5, 5.41) is 5.14. The number of carbonyl (C=O) groups is 1. The SMILES string of the molecule is CN(CC1CCC1)C(=O)c1ccccc1S(N)(=O)=O. The third-order valence-corrected chi connectivity index (χ3v) is 4.50. The van der Waals surface area contributed by atoms with Gasteiger partial charge >= 0.3 is 0 Å². The normalized spacial score (nSPS) is 15.9. The first-order valence-electron chi connectivity index (χ1n) is 6.27. The minimum absolute atomic E-state index is 0.111. The van der Waals surface area contributed by atoms with E-state index in [1.54, 1.807) is 24.1 Å². The van der Waals surface area contributed by atoms with Gasteiger partial charge in [-0.3, -0.25) is 4.79 Å². The first kappa shape index (κ1) is 14.0. The third-order valence-electron chi connectivity index (χ3n) is 3.53. The van der Waals surface area contributed by atoms with Crippen LogP contribution in [0.4, 0.5) is 0 Å². The Kier molecular flexibility index (Phi) is 3.91. The van der Waals surface area contributed by atoms with Crippen LogP contribution in [0.2, 0.25) is 0 Å². The molecule has 0 aromatic heterocycles. The van der Waals surface area contributed by atoms with Crippen LogP contribution in [0.1, 0.15) is 29.6 Å². The van der Waals surface area contributed by atoms with E-state index in [0.717, 1.165) is 12.8 Å². The summed E-state index contributed by atoms with van der Waals surface area (Å²) in [7, 11) is -2.18. The van der Waals surface area contributed by atoms with Crippen LogP contribution in [0.25, 0.3) is 0 Å². The molecule has 6 heteroatoms. The highest BCUT2D eigenvalue weighted by Crippen LogP contribution is 2.27. The quantitative estimate of drug-likeness (QED) is 0.901. The van der Waals surface area contributed by atoms with Crippen LogP contribution >= 0.6 is 0 Å². The van der Waals surface area contributed by atoms with Crippen molar-refractivity contribution in [1.82, 2.24) is 4.90 Å². The Labute approximate surface area is 113 Å². The molecule has 2 rings (SSSR count). The van der Waals surface area contributed by atoms with Gasteiger partial charge in [-0.05, 0) is 30.9 Å². The lowest BCUT2D eigenvalue weighted by atomic mass is 9.85. The highest BCUT2D eigenvalue weighted by atomic mass is 32.2. The standard InChI is InChI=1S/C13H18N2O3S/c1-15(9-10-5-4-6-10)13(16)11-7-2-3-8-12(11)19(14,17)18/h2-3,7-8,10H,4-6,9H2,1H3,(H2,14,17,18). The van der Waals surface area contributed by atoms with E-state index in [-0.39, 0.29) is 16.4 Å². The maximum atomic E-state index is 12.3. The van der Waals surface area contributed by atoms with Crippen LogP contribution < -0.4 is 5.14 Å². The highest BCUT2D eigenvalue weighted by Gasteiger charge is 2.25. The lowest BCUT2D eigenvalue weighted by Crippen LogP contribution is -2.35. The zero-order chi connectivity index (χ0) is 14.0. The molecular formula is C13H18N2O3S. The first-order chi connectivity index (χ1) is 8.89. The van der Waals surface area contributed by atoms with Gasteiger partial charge in [-0.15, -0.1) is 0 Å². The van der Waals surface area contributed by atoms with Crippen molar-refractivity contribution < 1.29 is 13.2 Å². The minimum Gasteiger partial charge on any atom is -0.341 e. The van der Waals surface area contributed by atoms with Gasteiger partial charge in [0, 0.05) is 13.6 Å². The number of primary sulfonamides is 1. The van der Waals surface area contributed by atoms with E-state index in [2.05, 4.69) is 0 Å². The summed E-state index contributed by atoms with van der Waals surface area (Å²) in [5.41, 5.74) is 0.145. The second kappa shape index (κ2) is 5.30. The molecule has 0 heterocycles. The van der Waals surface area contributed by atoms with E-state index in [9.17, 15) is 13.2 Å². The van der Waals surface area contributed by atoms with Crippen molar-refractivity contribution in [3.63, 3.8) is 0 Å². The van der Waals surface area contributed by atoms with E-state index in [1.165, 1.54) is 18.6 Å². The molecule has 19 heavy (non-hydrogen) atoms. The molecular weight excluding hydrogens is 264 g/mol. The fourth-order valence-corrected chi connectivity index (χ4v) is 2.97. The molecule has 1 aromatic carbocycles. The Balaban J connectivity index is 2.23. The molecule has 0 bridgehead atoms. The van der Waals surface area contributed by atoms with Crippen molar-refractivity contribution in [3.05, 3.63) is 29.8 Å². The maximum Gasteiger partial charge on any atom is 0.254 e. The Morgan fingerprint density at radius 1 is 1.37 bits per heavy atom. The molecule has 0 aliphatic heterocycles. The van der Waals surface area contributed by atoms with E-state index >= 15 is 0 Å². The molecule has 0 radical (unpaired) electrons. The molecule has 1 saturated carbocycles. The molecule has 1 amide bonds. The van der Waals surface area contributed by atoms with Crippen molar-refractivity contribution in [2.75, 3.05) is 13.6 Å². The Morgan fingerprint density at radius 2 is 2.00 bits per heavy atom. The maximum absolute atomic E-state index is 12.3. The monoisotopic (exact) mass is 282 g/mol. The van der Waals surface area contributed by atoms with Crippen molar-refractivity contribution >= 4 is 15.9 Å². The van der Waals surface area contributed by atoms with Gasteiger partial charge in [0.2, 0.25) is 10.0 Å². The number of benzene rings is 1. The number of rotatable bonds is 4. The fourth-order valence-electron chi connectivity index (χ4n) is 2.24. The molecule has 1 aliphatic rings. The minimum atomic E-state index is -3.88. The largest absolute Gasteiger partial charge is 0.341 e. The Bertz CT molecular complexity index is 579. The van der Waals surface area contributed by atoms with Crippen LogP contribution in [0, 0.1) is 5.92 Å². The van der Waals surface area contributed by atoms with Crippen LogP contribution in [0.3, 0.4) is 0 Å². The molecule has 1 aromatic rings. The molecule has 1 fully saturated rings. The summed E-state index contributed by atoms with van der Waals surface area (Å²) in [6.45, 7) is 0.664. The van der Waals surface area contributed by atoms with Gasteiger partial charge in [0.25, 0.3) is 5.91 Å². The summed E-state index contributed by atoms with van der Waals surface area (Å²) in [6, 6.07) is 6.06. The molecule has 104 valence electrons. The highest BCUT2D eigenvalue weighted by molar-refractivity contribution is 7.89. The lowest BCUT2D eigenvalue weighted by Gasteiger charge is -2.30. The van der Waals surface area contributed by atoms with Gasteiger partial charge in [-0.1, -0.05) is 18.6 Å². The average molecular weight is 282 g/mol. The van der Waals surface area contributed by atoms with Gasteiger partial charge in [0.1, 0.15) is 0 Å². The Hall–Kier alpha value is -1.40. The molecule has 1 aliphatic carbocycles. The zero-order valence-electron chi connectivity index (χ0n) is 10.9. The molecule has 2 N–H and O–H groups in total. The second-order valence-electron chi connectivity index (χ2n) is 5.02. The number of hydrogen-bond donors (Lipinski definition) is 1. The van der Waals surface area contributed by atoms with Crippen molar-refractivity contribution in [1.29, 1.82) is 0 Å². The van der Waals surface area contributed by atoms with Crippen LogP contribution in [0.5, 0.6) is 0 Å². The Morgan fingerprint density at radius 3 is 2.53 bits per heavy atom. The second-order valence-corrected chi connectivity index (χ2v) is 6.55. The van der Waals surface area contributed by atoms with Gasteiger partial charge < -0.3 is 4.90 Å². The van der Waals surface area contributed by atoms with Crippen LogP contribution in [-0.2, 0) is 10.0 Å². The summed E-state index contributed by atoms with van der Waals surface area (Å²) in [6.07, 6.45) is 3.48. The van der Waals surface area contributed by atoms with E-state index in [0.29, 0.717) is 12.5 Å². The summed E-state index contributed by atoms with van der Waals surface area (Å²) < 4.78 is 23.0. The van der Waals surface area contributed by atoms with Crippen LogP contribution in [0.15, 0.2) is 29.2 Å². The lowest BCUT2D eigenvalue weighted by molar-refractivity contribution is 0.0741. The molecule has 0 unspecified atom stereocenters. The van der Waals surface area contributed by atoms with Gasteiger partial charge in [0.05, 0.1) is 10.5 Å². The predicted molar refractivity (Wildman–Crippen MR) is 72.1 cm³/mol. The smallest absolute Gasteiger partial charge is 0.254 e. The number of carbonyl (C=O) groups excluding carboxylic acids is 1. The van der Waals surface area contributed by atoms with Gasteiger partial charge in [-0.2, -0.15) is 0 Å². The number of hydrogen-bond acceptors (Lipinski definition) is 3. The molecule has 0 spiro atoms. The zero-order valence-corrected chi connectivity index (χ0v) is 11.7. The number of nitrogens with two attached hydrogens (primary N) is 1. The fraction of sp³-hybridized carbons (Fsp3) is 0.462. The third kappa shape index (κ3) is 3.13. The number of nitrogens with zero attached hydrogens (tertiary/aromatic N) is 1. The average Bonchev–Trinajstić information content (AvgIpc) is 2.31. The topological polar surface area (TPSA) is 80.5 Å². The summed E-state index contributed by atoms with van der Waals surface area (Å²) in [5.74, 6) is 0.243. The van der Waals surface area contributed by atoms with E-state index in [4.69, 9.17) is 5.14 Å². The van der Waals surface area contributed by atoms with Crippen molar-refractivity contribution in [2.24, 2.45) is 11.1 Å².